The van der Waals surface area contributed by atoms with E-state index in [4.69, 9.17) is 10.5 Å². The molecular formula is C15H25NO. The minimum atomic E-state index is 0.226. The van der Waals surface area contributed by atoms with Crippen molar-refractivity contribution >= 4 is 0 Å². The number of ether oxygens (including phenoxy) is 1. The summed E-state index contributed by atoms with van der Waals surface area (Å²) in [5.41, 5.74) is 8.36. The average molecular weight is 235 g/mol. The largest absolute Gasteiger partial charge is 0.493 e. The normalized spacial score (nSPS) is 11.6. The molecule has 17 heavy (non-hydrogen) atoms. The zero-order valence-corrected chi connectivity index (χ0v) is 11.5. The summed E-state index contributed by atoms with van der Waals surface area (Å²) < 4.78 is 5.87. The molecule has 2 nitrogen and oxygen atoms in total. The van der Waals surface area contributed by atoms with Crippen LogP contribution in [0.15, 0.2) is 18.2 Å². The van der Waals surface area contributed by atoms with Crippen LogP contribution in [0, 0.1) is 19.3 Å². The van der Waals surface area contributed by atoms with Gasteiger partial charge in [-0.05, 0) is 49.8 Å². The summed E-state index contributed by atoms with van der Waals surface area (Å²) in [6.07, 6.45) is 2.16. The van der Waals surface area contributed by atoms with Gasteiger partial charge >= 0.3 is 0 Å². The van der Waals surface area contributed by atoms with Gasteiger partial charge in [0.05, 0.1) is 6.61 Å². The number of hydrogen-bond acceptors (Lipinski definition) is 2. The SMILES string of the molecule is Cc1cccc(C)c1OCCCC(C)(C)CN. The summed E-state index contributed by atoms with van der Waals surface area (Å²) in [6.45, 7) is 10.1. The summed E-state index contributed by atoms with van der Waals surface area (Å²) in [7, 11) is 0. The van der Waals surface area contributed by atoms with Crippen molar-refractivity contribution in [3.05, 3.63) is 29.3 Å². The van der Waals surface area contributed by atoms with E-state index in [9.17, 15) is 0 Å². The number of aryl methyl sites for hydroxylation is 2. The lowest BCUT2D eigenvalue weighted by Crippen LogP contribution is -2.24. The molecule has 0 unspecified atom stereocenters. The molecule has 2 N–H and O–H groups in total. The molecule has 0 aliphatic carbocycles. The molecule has 0 heterocycles. The van der Waals surface area contributed by atoms with Gasteiger partial charge in [0, 0.05) is 0 Å². The number of rotatable bonds is 6. The number of hydrogen-bond donors (Lipinski definition) is 1. The molecule has 0 bridgehead atoms. The number of para-hydroxylation sites is 1. The molecule has 0 aliphatic heterocycles. The van der Waals surface area contributed by atoms with Gasteiger partial charge in [0.15, 0.2) is 0 Å². The van der Waals surface area contributed by atoms with Crippen molar-refractivity contribution in [1.29, 1.82) is 0 Å². The van der Waals surface area contributed by atoms with Crippen molar-refractivity contribution in [2.24, 2.45) is 11.1 Å². The van der Waals surface area contributed by atoms with Crippen molar-refractivity contribution in [2.45, 2.75) is 40.5 Å². The lowest BCUT2D eigenvalue weighted by Gasteiger charge is -2.22. The molecule has 0 saturated carbocycles. The van der Waals surface area contributed by atoms with Gasteiger partial charge in [0.2, 0.25) is 0 Å². The highest BCUT2D eigenvalue weighted by Gasteiger charge is 2.14. The van der Waals surface area contributed by atoms with E-state index in [1.807, 2.05) is 0 Å². The van der Waals surface area contributed by atoms with Gasteiger partial charge in [0.1, 0.15) is 5.75 Å². The maximum Gasteiger partial charge on any atom is 0.125 e. The topological polar surface area (TPSA) is 35.2 Å². The van der Waals surface area contributed by atoms with Gasteiger partial charge in [-0.2, -0.15) is 0 Å². The zero-order valence-electron chi connectivity index (χ0n) is 11.5. The van der Waals surface area contributed by atoms with E-state index in [2.05, 4.69) is 45.9 Å². The first kappa shape index (κ1) is 14.0. The Morgan fingerprint density at radius 2 is 1.76 bits per heavy atom. The van der Waals surface area contributed by atoms with Gasteiger partial charge < -0.3 is 10.5 Å². The highest BCUT2D eigenvalue weighted by Crippen LogP contribution is 2.24. The molecule has 0 aromatic heterocycles. The van der Waals surface area contributed by atoms with E-state index in [0.29, 0.717) is 0 Å². The molecule has 2 heteroatoms. The van der Waals surface area contributed by atoms with Crippen LogP contribution < -0.4 is 10.5 Å². The van der Waals surface area contributed by atoms with E-state index < -0.39 is 0 Å². The van der Waals surface area contributed by atoms with Gasteiger partial charge in [0.25, 0.3) is 0 Å². The Hall–Kier alpha value is -1.02. The van der Waals surface area contributed by atoms with Gasteiger partial charge in [-0.15, -0.1) is 0 Å². The van der Waals surface area contributed by atoms with Crippen LogP contribution in [0.4, 0.5) is 0 Å². The molecule has 0 saturated heterocycles. The number of nitrogens with two attached hydrogens (primary N) is 1. The fourth-order valence-corrected chi connectivity index (χ4v) is 1.85. The highest BCUT2D eigenvalue weighted by molar-refractivity contribution is 5.39. The molecule has 1 rings (SSSR count). The Morgan fingerprint density at radius 3 is 2.29 bits per heavy atom. The molecule has 0 fully saturated rings. The molecular weight excluding hydrogens is 210 g/mol. The van der Waals surface area contributed by atoms with Crippen LogP contribution in [-0.2, 0) is 0 Å². The van der Waals surface area contributed by atoms with E-state index in [1.54, 1.807) is 0 Å². The van der Waals surface area contributed by atoms with Crippen LogP contribution in [0.25, 0.3) is 0 Å². The van der Waals surface area contributed by atoms with E-state index in [0.717, 1.165) is 31.7 Å². The Morgan fingerprint density at radius 1 is 1.18 bits per heavy atom. The first-order chi connectivity index (χ1) is 7.96. The Labute approximate surface area is 105 Å². The molecule has 0 amide bonds. The van der Waals surface area contributed by atoms with Crippen molar-refractivity contribution in [2.75, 3.05) is 13.2 Å². The molecule has 0 radical (unpaired) electrons. The Kier molecular flexibility index (Phi) is 5.01. The van der Waals surface area contributed by atoms with E-state index in [-0.39, 0.29) is 5.41 Å². The molecule has 96 valence electrons. The first-order valence-electron chi connectivity index (χ1n) is 6.35. The monoisotopic (exact) mass is 235 g/mol. The van der Waals surface area contributed by atoms with Gasteiger partial charge in [-0.25, -0.2) is 0 Å². The zero-order chi connectivity index (χ0) is 12.9. The second-order valence-corrected chi connectivity index (χ2v) is 5.54. The highest BCUT2D eigenvalue weighted by atomic mass is 16.5. The smallest absolute Gasteiger partial charge is 0.125 e. The maximum atomic E-state index is 5.87. The lowest BCUT2D eigenvalue weighted by atomic mass is 9.88. The third kappa shape index (κ3) is 4.39. The van der Waals surface area contributed by atoms with Gasteiger partial charge in [-0.3, -0.25) is 0 Å². The van der Waals surface area contributed by atoms with Crippen LogP contribution >= 0.6 is 0 Å². The van der Waals surface area contributed by atoms with Crippen LogP contribution in [0.1, 0.15) is 37.8 Å². The van der Waals surface area contributed by atoms with E-state index >= 15 is 0 Å². The molecule has 0 aliphatic rings. The van der Waals surface area contributed by atoms with Crippen molar-refractivity contribution in [1.82, 2.24) is 0 Å². The lowest BCUT2D eigenvalue weighted by molar-refractivity contribution is 0.259. The predicted octanol–water partition coefficient (Wildman–Crippen LogP) is 3.45. The van der Waals surface area contributed by atoms with Crippen LogP contribution in [0.3, 0.4) is 0 Å². The summed E-state index contributed by atoms with van der Waals surface area (Å²) in [5.74, 6) is 1.04. The number of benzene rings is 1. The standard InChI is InChI=1S/C15H25NO/c1-12-7-5-8-13(2)14(12)17-10-6-9-15(3,4)11-16/h5,7-8H,6,9-11,16H2,1-4H3. The van der Waals surface area contributed by atoms with Crippen molar-refractivity contribution in [3.8, 4) is 5.75 Å². The van der Waals surface area contributed by atoms with Crippen molar-refractivity contribution < 1.29 is 4.74 Å². The summed E-state index contributed by atoms with van der Waals surface area (Å²) in [4.78, 5) is 0. The van der Waals surface area contributed by atoms with Gasteiger partial charge in [-0.1, -0.05) is 32.0 Å². The Balaban J connectivity index is 2.42. The molecule has 0 spiro atoms. The van der Waals surface area contributed by atoms with Crippen molar-refractivity contribution in [3.63, 3.8) is 0 Å². The summed E-state index contributed by atoms with van der Waals surface area (Å²) >= 11 is 0. The minimum absolute atomic E-state index is 0.226. The maximum absolute atomic E-state index is 5.87. The second kappa shape index (κ2) is 6.06. The van der Waals surface area contributed by atoms with Crippen LogP contribution in [0.5, 0.6) is 5.75 Å². The van der Waals surface area contributed by atoms with E-state index in [1.165, 1.54) is 11.1 Å². The molecule has 1 aromatic rings. The second-order valence-electron chi connectivity index (χ2n) is 5.54. The summed E-state index contributed by atoms with van der Waals surface area (Å²) in [6, 6.07) is 6.24. The fraction of sp³-hybridized carbons (Fsp3) is 0.600. The van der Waals surface area contributed by atoms with Crippen LogP contribution in [-0.4, -0.2) is 13.2 Å². The molecule has 1 aromatic carbocycles. The third-order valence-corrected chi connectivity index (χ3v) is 3.21. The molecule has 0 atom stereocenters. The summed E-state index contributed by atoms with van der Waals surface area (Å²) in [5, 5.41) is 0. The first-order valence-corrected chi connectivity index (χ1v) is 6.35. The third-order valence-electron chi connectivity index (χ3n) is 3.21. The Bertz CT molecular complexity index is 338. The quantitative estimate of drug-likeness (QED) is 0.766. The predicted molar refractivity (Wildman–Crippen MR) is 73.5 cm³/mol. The average Bonchev–Trinajstić information content (AvgIpc) is 2.27. The van der Waals surface area contributed by atoms with Crippen LogP contribution in [0.2, 0.25) is 0 Å². The fourth-order valence-electron chi connectivity index (χ4n) is 1.85. The minimum Gasteiger partial charge on any atom is -0.493 e.